The number of carbonyl (C=O) groups excluding carboxylic acids is 1. The van der Waals surface area contributed by atoms with E-state index in [0.29, 0.717) is 24.4 Å². The number of ether oxygens (including phenoxy) is 1. The summed E-state index contributed by atoms with van der Waals surface area (Å²) in [6.45, 7) is 9.76. The Labute approximate surface area is 129 Å². The SMILES string of the molecule is CCOC(=O)c1nc(N2CC3CCCN3CC2C)sc1C. The molecular formula is C15H23N3O2S. The van der Waals surface area contributed by atoms with Crippen molar-refractivity contribution in [3.05, 3.63) is 10.6 Å². The fraction of sp³-hybridized carbons (Fsp3) is 0.733. The van der Waals surface area contributed by atoms with Crippen LogP contribution in [0.1, 0.15) is 42.1 Å². The first-order chi connectivity index (χ1) is 10.1. The normalized spacial score (nSPS) is 26.0. The first kappa shape index (κ1) is 14.8. The Bertz CT molecular complexity index is 531. The van der Waals surface area contributed by atoms with Gasteiger partial charge in [0.05, 0.1) is 6.61 Å². The van der Waals surface area contributed by atoms with Crippen LogP contribution in [-0.2, 0) is 4.74 Å². The van der Waals surface area contributed by atoms with Crippen molar-refractivity contribution in [2.45, 2.75) is 45.7 Å². The monoisotopic (exact) mass is 309 g/mol. The number of esters is 1. The highest BCUT2D eigenvalue weighted by Gasteiger charge is 2.36. The number of thiazole rings is 1. The Morgan fingerprint density at radius 3 is 3.05 bits per heavy atom. The lowest BCUT2D eigenvalue weighted by Gasteiger charge is -2.42. The summed E-state index contributed by atoms with van der Waals surface area (Å²) in [5.41, 5.74) is 0.484. The van der Waals surface area contributed by atoms with Gasteiger partial charge >= 0.3 is 5.97 Å². The summed E-state index contributed by atoms with van der Waals surface area (Å²) in [7, 11) is 0. The number of carbonyl (C=O) groups is 1. The molecule has 2 aliphatic heterocycles. The van der Waals surface area contributed by atoms with Crippen LogP contribution in [0.2, 0.25) is 0 Å². The first-order valence-electron chi connectivity index (χ1n) is 7.75. The molecule has 1 aromatic rings. The Hall–Kier alpha value is -1.14. The van der Waals surface area contributed by atoms with Gasteiger partial charge in [-0.3, -0.25) is 4.90 Å². The minimum Gasteiger partial charge on any atom is -0.461 e. The van der Waals surface area contributed by atoms with Crippen LogP contribution in [0.15, 0.2) is 0 Å². The van der Waals surface area contributed by atoms with Gasteiger partial charge in [0.25, 0.3) is 0 Å². The van der Waals surface area contributed by atoms with Gasteiger partial charge in [0, 0.05) is 30.1 Å². The minimum atomic E-state index is -0.301. The topological polar surface area (TPSA) is 45.7 Å². The van der Waals surface area contributed by atoms with E-state index in [2.05, 4.69) is 21.7 Å². The third-order valence-electron chi connectivity index (χ3n) is 4.44. The molecule has 0 radical (unpaired) electrons. The Kier molecular flexibility index (Phi) is 4.17. The number of anilines is 1. The number of fused-ring (bicyclic) bond motifs is 1. The van der Waals surface area contributed by atoms with Crippen LogP contribution in [0.3, 0.4) is 0 Å². The number of hydrogen-bond donors (Lipinski definition) is 0. The molecule has 1 aromatic heterocycles. The molecule has 2 unspecified atom stereocenters. The highest BCUT2D eigenvalue weighted by atomic mass is 32.1. The van der Waals surface area contributed by atoms with Crippen LogP contribution in [0.5, 0.6) is 0 Å². The molecule has 0 N–H and O–H groups in total. The van der Waals surface area contributed by atoms with Crippen molar-refractivity contribution in [2.24, 2.45) is 0 Å². The number of aryl methyl sites for hydroxylation is 1. The van der Waals surface area contributed by atoms with Crippen LogP contribution >= 0.6 is 11.3 Å². The highest BCUT2D eigenvalue weighted by Crippen LogP contribution is 2.32. The molecule has 0 amide bonds. The summed E-state index contributed by atoms with van der Waals surface area (Å²) in [6.07, 6.45) is 2.58. The van der Waals surface area contributed by atoms with E-state index in [-0.39, 0.29) is 5.97 Å². The summed E-state index contributed by atoms with van der Waals surface area (Å²) in [5, 5.41) is 0.967. The van der Waals surface area contributed by atoms with Crippen molar-refractivity contribution in [2.75, 3.05) is 31.1 Å². The Balaban J connectivity index is 1.80. The first-order valence-corrected chi connectivity index (χ1v) is 8.57. The van der Waals surface area contributed by atoms with E-state index in [0.717, 1.165) is 23.1 Å². The van der Waals surface area contributed by atoms with E-state index in [9.17, 15) is 4.79 Å². The van der Waals surface area contributed by atoms with Crippen molar-refractivity contribution in [3.8, 4) is 0 Å². The zero-order valence-corrected chi connectivity index (χ0v) is 13.8. The van der Waals surface area contributed by atoms with Gasteiger partial charge in [0.1, 0.15) is 0 Å². The third kappa shape index (κ3) is 2.79. The maximum absolute atomic E-state index is 11.9. The summed E-state index contributed by atoms with van der Waals surface area (Å²) >= 11 is 1.61. The zero-order chi connectivity index (χ0) is 15.0. The molecule has 116 valence electrons. The number of piperazine rings is 1. The lowest BCUT2D eigenvalue weighted by Crippen LogP contribution is -2.55. The number of hydrogen-bond acceptors (Lipinski definition) is 6. The van der Waals surface area contributed by atoms with Crippen LogP contribution in [0, 0.1) is 6.92 Å². The van der Waals surface area contributed by atoms with Crippen molar-refractivity contribution < 1.29 is 9.53 Å². The predicted octanol–water partition coefficient (Wildman–Crippen LogP) is 2.30. The summed E-state index contributed by atoms with van der Waals surface area (Å²) in [5.74, 6) is -0.301. The molecule has 6 heteroatoms. The Morgan fingerprint density at radius 2 is 2.29 bits per heavy atom. The number of rotatable bonds is 3. The molecule has 2 fully saturated rings. The molecule has 0 aromatic carbocycles. The summed E-state index contributed by atoms with van der Waals surface area (Å²) < 4.78 is 5.08. The maximum atomic E-state index is 11.9. The van der Waals surface area contributed by atoms with E-state index >= 15 is 0 Å². The molecule has 5 nitrogen and oxygen atoms in total. The lowest BCUT2D eigenvalue weighted by molar-refractivity contribution is 0.0519. The van der Waals surface area contributed by atoms with Gasteiger partial charge in [-0.15, -0.1) is 11.3 Å². The fourth-order valence-electron chi connectivity index (χ4n) is 3.35. The van der Waals surface area contributed by atoms with E-state index in [4.69, 9.17) is 4.74 Å². The van der Waals surface area contributed by atoms with Crippen LogP contribution in [0.4, 0.5) is 5.13 Å². The molecule has 2 atom stereocenters. The summed E-state index contributed by atoms with van der Waals surface area (Å²) in [4.78, 5) is 22.4. The van der Waals surface area contributed by atoms with Gasteiger partial charge in [-0.1, -0.05) is 0 Å². The second-order valence-electron chi connectivity index (χ2n) is 5.91. The number of nitrogens with zero attached hydrogens (tertiary/aromatic N) is 3. The molecule has 0 saturated carbocycles. The van der Waals surface area contributed by atoms with Crippen molar-refractivity contribution in [1.29, 1.82) is 0 Å². The molecule has 0 spiro atoms. The van der Waals surface area contributed by atoms with Gasteiger partial charge in [-0.25, -0.2) is 9.78 Å². The van der Waals surface area contributed by atoms with Gasteiger partial charge < -0.3 is 9.64 Å². The van der Waals surface area contributed by atoms with Crippen LogP contribution in [0.25, 0.3) is 0 Å². The van der Waals surface area contributed by atoms with Crippen LogP contribution < -0.4 is 4.90 Å². The molecular weight excluding hydrogens is 286 g/mol. The quantitative estimate of drug-likeness (QED) is 0.802. The maximum Gasteiger partial charge on any atom is 0.358 e. The molecule has 3 heterocycles. The van der Waals surface area contributed by atoms with E-state index < -0.39 is 0 Å². The van der Waals surface area contributed by atoms with E-state index in [1.807, 2.05) is 13.8 Å². The summed E-state index contributed by atoms with van der Waals surface area (Å²) in [6, 6.07) is 1.09. The van der Waals surface area contributed by atoms with Gasteiger partial charge in [-0.2, -0.15) is 0 Å². The highest BCUT2D eigenvalue weighted by molar-refractivity contribution is 7.15. The second-order valence-corrected chi connectivity index (χ2v) is 7.10. The van der Waals surface area contributed by atoms with E-state index in [1.54, 1.807) is 11.3 Å². The van der Waals surface area contributed by atoms with Gasteiger partial charge in [-0.05, 0) is 40.2 Å². The largest absolute Gasteiger partial charge is 0.461 e. The van der Waals surface area contributed by atoms with E-state index in [1.165, 1.54) is 19.4 Å². The van der Waals surface area contributed by atoms with Gasteiger partial charge in [0.2, 0.25) is 0 Å². The minimum absolute atomic E-state index is 0.301. The fourth-order valence-corrected chi connectivity index (χ4v) is 4.36. The zero-order valence-electron chi connectivity index (χ0n) is 13.0. The predicted molar refractivity (Wildman–Crippen MR) is 84.2 cm³/mol. The van der Waals surface area contributed by atoms with Crippen LogP contribution in [-0.4, -0.2) is 54.2 Å². The molecule has 21 heavy (non-hydrogen) atoms. The molecule has 0 bridgehead atoms. The third-order valence-corrected chi connectivity index (χ3v) is 5.45. The Morgan fingerprint density at radius 1 is 1.48 bits per heavy atom. The lowest BCUT2D eigenvalue weighted by atomic mass is 10.1. The average Bonchev–Trinajstić information content (AvgIpc) is 3.03. The number of aromatic nitrogens is 1. The van der Waals surface area contributed by atoms with Gasteiger partial charge in [0.15, 0.2) is 10.8 Å². The van der Waals surface area contributed by atoms with Crippen molar-refractivity contribution in [1.82, 2.24) is 9.88 Å². The molecule has 2 saturated heterocycles. The molecule has 0 aliphatic carbocycles. The average molecular weight is 309 g/mol. The van der Waals surface area contributed by atoms with Crippen molar-refractivity contribution in [3.63, 3.8) is 0 Å². The standard InChI is InChI=1S/C15H23N3O2S/c1-4-20-14(19)13-11(3)21-15(16-13)18-9-12-6-5-7-17(12)8-10(18)2/h10,12H,4-9H2,1-3H3. The van der Waals surface area contributed by atoms with Crippen molar-refractivity contribution >= 4 is 22.4 Å². The molecule has 2 aliphatic rings. The smallest absolute Gasteiger partial charge is 0.358 e. The molecule has 3 rings (SSSR count). The second kappa shape index (κ2) is 5.93.